The van der Waals surface area contributed by atoms with Gasteiger partial charge in [0.25, 0.3) is 0 Å². The number of rotatable bonds is 1. The van der Waals surface area contributed by atoms with Crippen LogP contribution in [0.4, 0.5) is 0 Å². The largest absolute Gasteiger partial charge is 0.457 e. The molecule has 0 radical (unpaired) electrons. The van der Waals surface area contributed by atoms with Gasteiger partial charge in [-0.3, -0.25) is 0 Å². The zero-order chi connectivity index (χ0) is 11.8. The van der Waals surface area contributed by atoms with Crippen LogP contribution in [0.2, 0.25) is 0 Å². The van der Waals surface area contributed by atoms with Crippen molar-refractivity contribution in [2.45, 2.75) is 19.8 Å². The Labute approximate surface area is 115 Å². The lowest BCUT2D eigenvalue weighted by molar-refractivity contribution is 0.459. The first-order valence-corrected chi connectivity index (χ1v) is 6.93. The van der Waals surface area contributed by atoms with E-state index in [9.17, 15) is 0 Å². The Balaban J connectivity index is 2.12. The summed E-state index contributed by atoms with van der Waals surface area (Å²) in [7, 11) is 0. The van der Waals surface area contributed by atoms with Gasteiger partial charge in [0.05, 0.1) is 0 Å². The Hall–Kier alpha value is -1.03. The van der Waals surface area contributed by atoms with Gasteiger partial charge in [0, 0.05) is 15.6 Å². The van der Waals surface area contributed by atoms with Crippen molar-refractivity contribution in [2.24, 2.45) is 0 Å². The Morgan fingerprint density at radius 2 is 1.94 bits per heavy atom. The third kappa shape index (κ3) is 1.84. The second-order valence-electron chi connectivity index (χ2n) is 4.26. The van der Waals surface area contributed by atoms with Crippen molar-refractivity contribution in [1.29, 1.82) is 0 Å². The summed E-state index contributed by atoms with van der Waals surface area (Å²) in [5, 5.41) is 0. The Kier molecular flexibility index (Phi) is 2.82. The third-order valence-electron chi connectivity index (χ3n) is 3.22. The molecule has 17 heavy (non-hydrogen) atoms. The number of aryl methyl sites for hydroxylation is 1. The summed E-state index contributed by atoms with van der Waals surface area (Å²) in [6.45, 7) is 2.20. The van der Waals surface area contributed by atoms with Crippen LogP contribution in [0.5, 0.6) is 11.5 Å². The lowest BCUT2D eigenvalue weighted by Gasteiger charge is -2.22. The fraction of sp³-hybridized carbons (Fsp3) is 0.200. The van der Waals surface area contributed by atoms with E-state index in [0.29, 0.717) is 0 Å². The number of para-hydroxylation sites is 1. The van der Waals surface area contributed by atoms with Gasteiger partial charge in [0.1, 0.15) is 11.5 Å². The van der Waals surface area contributed by atoms with E-state index in [4.69, 9.17) is 4.74 Å². The van der Waals surface area contributed by atoms with Crippen molar-refractivity contribution in [1.82, 2.24) is 0 Å². The molecule has 0 aromatic heterocycles. The maximum atomic E-state index is 5.95. The van der Waals surface area contributed by atoms with Crippen LogP contribution in [0.15, 0.2) is 36.4 Å². The summed E-state index contributed by atoms with van der Waals surface area (Å²) in [5.41, 5.74) is 4.03. The highest BCUT2D eigenvalue weighted by molar-refractivity contribution is 14.1. The molecule has 1 aliphatic rings. The Morgan fingerprint density at radius 3 is 2.76 bits per heavy atom. The fourth-order valence-electron chi connectivity index (χ4n) is 2.24. The van der Waals surface area contributed by atoms with Crippen LogP contribution >= 0.6 is 22.6 Å². The summed E-state index contributed by atoms with van der Waals surface area (Å²) in [4.78, 5) is 0. The van der Waals surface area contributed by atoms with Gasteiger partial charge in [0.15, 0.2) is 0 Å². The molecule has 2 aromatic carbocycles. The maximum absolute atomic E-state index is 5.95. The van der Waals surface area contributed by atoms with E-state index in [2.05, 4.69) is 53.8 Å². The molecule has 2 heteroatoms. The third-order valence-corrected chi connectivity index (χ3v) is 4.56. The number of ether oxygens (including phenoxy) is 1. The first kappa shape index (κ1) is 11.1. The van der Waals surface area contributed by atoms with Crippen molar-refractivity contribution in [3.05, 3.63) is 56.7 Å². The zero-order valence-corrected chi connectivity index (χ0v) is 11.8. The minimum absolute atomic E-state index is 0.984. The summed E-state index contributed by atoms with van der Waals surface area (Å²) < 4.78 is 7.31. The summed E-state index contributed by atoms with van der Waals surface area (Å²) in [6.07, 6.45) is 2.06. The van der Waals surface area contributed by atoms with E-state index in [0.717, 1.165) is 24.3 Å². The molecule has 3 rings (SSSR count). The number of hydrogen-bond acceptors (Lipinski definition) is 1. The van der Waals surface area contributed by atoms with Crippen LogP contribution in [0.3, 0.4) is 0 Å². The van der Waals surface area contributed by atoms with Crippen LogP contribution in [0.25, 0.3) is 0 Å². The second-order valence-corrected chi connectivity index (χ2v) is 5.33. The smallest absolute Gasteiger partial charge is 0.132 e. The predicted molar refractivity (Wildman–Crippen MR) is 77.9 cm³/mol. The van der Waals surface area contributed by atoms with E-state index in [-0.39, 0.29) is 0 Å². The molecule has 0 bridgehead atoms. The molecule has 1 aliphatic heterocycles. The number of halogens is 1. The molecular weight excluding hydrogens is 323 g/mol. The zero-order valence-electron chi connectivity index (χ0n) is 9.66. The van der Waals surface area contributed by atoms with Crippen LogP contribution in [0.1, 0.15) is 23.6 Å². The molecule has 0 unspecified atom stereocenters. The van der Waals surface area contributed by atoms with Crippen LogP contribution < -0.4 is 4.74 Å². The SMILES string of the molecule is CCc1ccc2c(c1I)Cc1ccccc1O2. The minimum atomic E-state index is 0.984. The van der Waals surface area contributed by atoms with Crippen molar-refractivity contribution in [3.63, 3.8) is 0 Å². The molecule has 1 nitrogen and oxygen atoms in total. The molecule has 0 N–H and O–H groups in total. The van der Waals surface area contributed by atoms with Gasteiger partial charge in [-0.15, -0.1) is 0 Å². The highest BCUT2D eigenvalue weighted by Crippen LogP contribution is 2.39. The van der Waals surface area contributed by atoms with E-state index in [1.807, 2.05) is 12.1 Å². The first-order chi connectivity index (χ1) is 8.29. The average molecular weight is 336 g/mol. The van der Waals surface area contributed by atoms with Crippen LogP contribution in [-0.4, -0.2) is 0 Å². The van der Waals surface area contributed by atoms with Crippen molar-refractivity contribution >= 4 is 22.6 Å². The molecule has 0 amide bonds. The highest BCUT2D eigenvalue weighted by Gasteiger charge is 2.19. The molecule has 0 aliphatic carbocycles. The van der Waals surface area contributed by atoms with Crippen molar-refractivity contribution < 1.29 is 4.74 Å². The molecule has 86 valence electrons. The summed E-state index contributed by atoms with van der Waals surface area (Å²) in [6, 6.07) is 12.6. The standard InChI is InChI=1S/C15H13IO/c1-2-10-7-8-14-12(15(10)16)9-11-5-3-4-6-13(11)17-14/h3-8H,2,9H2,1H3. The maximum Gasteiger partial charge on any atom is 0.132 e. The molecule has 0 saturated heterocycles. The van der Waals surface area contributed by atoms with E-state index in [1.54, 1.807) is 0 Å². The molecule has 1 heterocycles. The predicted octanol–water partition coefficient (Wildman–Crippen LogP) is 4.55. The average Bonchev–Trinajstić information content (AvgIpc) is 2.37. The van der Waals surface area contributed by atoms with Gasteiger partial charge in [0.2, 0.25) is 0 Å². The lowest BCUT2D eigenvalue weighted by Crippen LogP contribution is -2.06. The Morgan fingerprint density at radius 1 is 1.12 bits per heavy atom. The van der Waals surface area contributed by atoms with Gasteiger partial charge >= 0.3 is 0 Å². The van der Waals surface area contributed by atoms with E-state index < -0.39 is 0 Å². The number of fused-ring (bicyclic) bond motifs is 2. The summed E-state index contributed by atoms with van der Waals surface area (Å²) >= 11 is 2.44. The molecule has 0 atom stereocenters. The van der Waals surface area contributed by atoms with Gasteiger partial charge in [-0.2, -0.15) is 0 Å². The van der Waals surface area contributed by atoms with Gasteiger partial charge in [-0.1, -0.05) is 31.2 Å². The van der Waals surface area contributed by atoms with Crippen LogP contribution in [0, 0.1) is 3.57 Å². The molecule has 0 fully saturated rings. The minimum Gasteiger partial charge on any atom is -0.457 e. The molecule has 0 saturated carbocycles. The molecular formula is C15H13IO. The fourth-order valence-corrected chi connectivity index (χ4v) is 3.26. The lowest BCUT2D eigenvalue weighted by atomic mass is 9.98. The van der Waals surface area contributed by atoms with E-state index >= 15 is 0 Å². The quantitative estimate of drug-likeness (QED) is 0.593. The number of hydrogen-bond donors (Lipinski definition) is 0. The summed E-state index contributed by atoms with van der Waals surface area (Å²) in [5.74, 6) is 2.02. The highest BCUT2D eigenvalue weighted by atomic mass is 127. The topological polar surface area (TPSA) is 9.23 Å². The first-order valence-electron chi connectivity index (χ1n) is 5.85. The monoisotopic (exact) mass is 336 g/mol. The van der Waals surface area contributed by atoms with Gasteiger partial charge in [-0.05, 0) is 52.3 Å². The van der Waals surface area contributed by atoms with Crippen molar-refractivity contribution in [3.8, 4) is 11.5 Å². The van der Waals surface area contributed by atoms with Crippen molar-refractivity contribution in [2.75, 3.05) is 0 Å². The van der Waals surface area contributed by atoms with Gasteiger partial charge < -0.3 is 4.74 Å². The molecule has 0 spiro atoms. The van der Waals surface area contributed by atoms with Gasteiger partial charge in [-0.25, -0.2) is 0 Å². The normalized spacial score (nSPS) is 12.6. The van der Waals surface area contributed by atoms with Crippen LogP contribution in [-0.2, 0) is 12.8 Å². The number of benzene rings is 2. The Bertz CT molecular complexity index is 575. The molecule has 2 aromatic rings. The van der Waals surface area contributed by atoms with E-state index in [1.165, 1.54) is 20.3 Å². The second kappa shape index (κ2) is 4.33.